The van der Waals surface area contributed by atoms with Gasteiger partial charge in [-0.2, -0.15) is 0 Å². The van der Waals surface area contributed by atoms with E-state index in [1.54, 1.807) is 19.1 Å². The van der Waals surface area contributed by atoms with Gasteiger partial charge in [-0.05, 0) is 37.0 Å². The van der Waals surface area contributed by atoms with E-state index in [0.29, 0.717) is 11.4 Å². The van der Waals surface area contributed by atoms with Crippen molar-refractivity contribution in [3.8, 4) is 0 Å². The van der Waals surface area contributed by atoms with Gasteiger partial charge in [0.05, 0.1) is 25.9 Å². The standard InChI is InChI=1S/C20H27ClN2O6/c1-11(2)6-15(17(26)20(9-25)10-29-20)22-19(28)16(8-24)23-18(27)13-5-4-12(3)14(21)7-13/h4-5,7,11,15-16,24-25H,6,8-10H2,1-3H3,(H,22,28)(H,23,27)/t15-,16-,20+/m0/s1. The fraction of sp³-hybridized carbons (Fsp3) is 0.550. The summed E-state index contributed by atoms with van der Waals surface area (Å²) in [7, 11) is 0. The predicted molar refractivity (Wildman–Crippen MR) is 107 cm³/mol. The number of epoxide rings is 1. The van der Waals surface area contributed by atoms with Crippen LogP contribution >= 0.6 is 11.6 Å². The predicted octanol–water partition coefficient (Wildman–Crippen LogP) is 0.600. The molecule has 160 valence electrons. The maximum atomic E-state index is 12.7. The largest absolute Gasteiger partial charge is 0.394 e. The molecule has 9 heteroatoms. The molecule has 0 aromatic heterocycles. The van der Waals surface area contributed by atoms with Crippen LogP contribution in [0.2, 0.25) is 5.02 Å². The van der Waals surface area contributed by atoms with Crippen LogP contribution < -0.4 is 10.6 Å². The molecule has 0 aliphatic carbocycles. The zero-order valence-corrected chi connectivity index (χ0v) is 17.5. The molecule has 0 unspecified atom stereocenters. The number of Topliss-reactive ketones (excluding diaryl/α,β-unsaturated/α-hetero) is 1. The highest BCUT2D eigenvalue weighted by atomic mass is 35.5. The third-order valence-corrected chi connectivity index (χ3v) is 5.18. The molecule has 0 bridgehead atoms. The quantitative estimate of drug-likeness (QED) is 0.405. The van der Waals surface area contributed by atoms with Gasteiger partial charge in [0.2, 0.25) is 5.91 Å². The Labute approximate surface area is 174 Å². The molecule has 1 aromatic rings. The first kappa shape index (κ1) is 23.3. The van der Waals surface area contributed by atoms with Crippen LogP contribution in [0, 0.1) is 12.8 Å². The summed E-state index contributed by atoms with van der Waals surface area (Å²) in [6, 6.07) is 2.54. The molecule has 1 fully saturated rings. The zero-order chi connectivity index (χ0) is 21.8. The van der Waals surface area contributed by atoms with Gasteiger partial charge >= 0.3 is 0 Å². The number of amides is 2. The van der Waals surface area contributed by atoms with Crippen LogP contribution in [0.25, 0.3) is 0 Å². The fourth-order valence-corrected chi connectivity index (χ4v) is 3.04. The van der Waals surface area contributed by atoms with Crippen molar-refractivity contribution in [3.63, 3.8) is 0 Å². The summed E-state index contributed by atoms with van der Waals surface area (Å²) < 4.78 is 5.10. The molecule has 1 aliphatic rings. The van der Waals surface area contributed by atoms with Crippen LogP contribution in [-0.4, -0.2) is 65.3 Å². The van der Waals surface area contributed by atoms with Gasteiger partial charge in [-0.3, -0.25) is 14.4 Å². The lowest BCUT2D eigenvalue weighted by Gasteiger charge is -2.24. The number of ether oxygens (including phenoxy) is 1. The molecule has 2 amide bonds. The number of aliphatic hydroxyl groups excluding tert-OH is 2. The van der Waals surface area contributed by atoms with Crippen molar-refractivity contribution in [1.29, 1.82) is 0 Å². The maximum absolute atomic E-state index is 12.7. The fourth-order valence-electron chi connectivity index (χ4n) is 2.86. The van der Waals surface area contributed by atoms with E-state index >= 15 is 0 Å². The van der Waals surface area contributed by atoms with Crippen molar-refractivity contribution in [2.45, 2.75) is 44.9 Å². The highest BCUT2D eigenvalue weighted by Gasteiger charge is 2.54. The number of carbonyl (C=O) groups excluding carboxylic acids is 3. The van der Waals surface area contributed by atoms with Crippen molar-refractivity contribution in [3.05, 3.63) is 34.3 Å². The molecule has 8 nitrogen and oxygen atoms in total. The average Bonchev–Trinajstić information content (AvgIpc) is 3.47. The van der Waals surface area contributed by atoms with Crippen LogP contribution in [0.4, 0.5) is 0 Å². The zero-order valence-electron chi connectivity index (χ0n) is 16.7. The van der Waals surface area contributed by atoms with Crippen LogP contribution in [0.3, 0.4) is 0 Å². The topological polar surface area (TPSA) is 128 Å². The minimum Gasteiger partial charge on any atom is -0.394 e. The van der Waals surface area contributed by atoms with Crippen molar-refractivity contribution in [2.24, 2.45) is 5.92 Å². The number of hydrogen-bond donors (Lipinski definition) is 4. The van der Waals surface area contributed by atoms with E-state index in [9.17, 15) is 24.6 Å². The van der Waals surface area contributed by atoms with E-state index in [1.807, 2.05) is 13.8 Å². The lowest BCUT2D eigenvalue weighted by Crippen LogP contribution is -2.55. The van der Waals surface area contributed by atoms with E-state index in [0.717, 1.165) is 5.56 Å². The Kier molecular flexibility index (Phi) is 7.76. The third-order valence-electron chi connectivity index (χ3n) is 4.78. The number of hydrogen-bond acceptors (Lipinski definition) is 6. The Hall–Kier alpha value is -2.00. The smallest absolute Gasteiger partial charge is 0.252 e. The second kappa shape index (κ2) is 9.67. The first-order valence-electron chi connectivity index (χ1n) is 9.41. The minimum atomic E-state index is -1.27. The lowest BCUT2D eigenvalue weighted by atomic mass is 9.92. The molecule has 29 heavy (non-hydrogen) atoms. The Bertz CT molecular complexity index is 778. The lowest BCUT2D eigenvalue weighted by molar-refractivity contribution is -0.133. The number of nitrogens with one attached hydrogen (secondary N) is 2. The molecule has 0 spiro atoms. The molecule has 0 radical (unpaired) electrons. The summed E-state index contributed by atoms with van der Waals surface area (Å²) in [5.74, 6) is -1.62. The molecular formula is C20H27ClN2O6. The Balaban J connectivity index is 2.08. The van der Waals surface area contributed by atoms with E-state index in [1.165, 1.54) is 6.07 Å². The van der Waals surface area contributed by atoms with Gasteiger partial charge in [-0.25, -0.2) is 0 Å². The number of aryl methyl sites for hydroxylation is 1. The normalized spacial score (nSPS) is 20.1. The summed E-state index contributed by atoms with van der Waals surface area (Å²) in [6.45, 7) is 4.55. The van der Waals surface area contributed by atoms with E-state index in [2.05, 4.69) is 10.6 Å². The van der Waals surface area contributed by atoms with Crippen LogP contribution in [0.5, 0.6) is 0 Å². The van der Waals surface area contributed by atoms with Crippen molar-refractivity contribution < 1.29 is 29.3 Å². The summed E-state index contributed by atoms with van der Waals surface area (Å²) in [6.07, 6.45) is 0.329. The molecule has 0 saturated carbocycles. The number of rotatable bonds is 10. The van der Waals surface area contributed by atoms with Crippen molar-refractivity contribution in [2.75, 3.05) is 19.8 Å². The summed E-state index contributed by atoms with van der Waals surface area (Å²) in [4.78, 5) is 37.7. The molecule has 1 aromatic carbocycles. The highest BCUT2D eigenvalue weighted by Crippen LogP contribution is 2.30. The first-order valence-corrected chi connectivity index (χ1v) is 9.78. The number of benzene rings is 1. The Morgan fingerprint density at radius 1 is 1.21 bits per heavy atom. The van der Waals surface area contributed by atoms with Crippen LogP contribution in [0.1, 0.15) is 36.2 Å². The Morgan fingerprint density at radius 2 is 1.86 bits per heavy atom. The molecule has 4 N–H and O–H groups in total. The minimum absolute atomic E-state index is 0.0793. The Morgan fingerprint density at radius 3 is 2.34 bits per heavy atom. The van der Waals surface area contributed by atoms with Gasteiger partial charge in [0.1, 0.15) is 6.04 Å². The van der Waals surface area contributed by atoms with Crippen molar-refractivity contribution >= 4 is 29.2 Å². The van der Waals surface area contributed by atoms with Crippen LogP contribution in [0.15, 0.2) is 18.2 Å². The molecule has 1 heterocycles. The van der Waals surface area contributed by atoms with Gasteiger partial charge in [-0.1, -0.05) is 31.5 Å². The van der Waals surface area contributed by atoms with E-state index in [4.69, 9.17) is 16.3 Å². The number of carbonyl (C=O) groups is 3. The molecule has 1 saturated heterocycles. The first-order chi connectivity index (χ1) is 13.6. The SMILES string of the molecule is Cc1ccc(C(=O)N[C@@H](CO)C(=O)N[C@@H](CC(C)C)C(=O)[C@@]2(CO)CO2)cc1Cl. The summed E-state index contributed by atoms with van der Waals surface area (Å²) in [5, 5.41) is 24.4. The van der Waals surface area contributed by atoms with E-state index in [-0.39, 0.29) is 18.1 Å². The second-order valence-electron chi connectivity index (χ2n) is 7.67. The monoisotopic (exact) mass is 426 g/mol. The second-order valence-corrected chi connectivity index (χ2v) is 8.08. The number of ketones is 1. The summed E-state index contributed by atoms with van der Waals surface area (Å²) >= 11 is 6.03. The maximum Gasteiger partial charge on any atom is 0.252 e. The molecular weight excluding hydrogens is 400 g/mol. The highest BCUT2D eigenvalue weighted by molar-refractivity contribution is 6.31. The number of aliphatic hydroxyl groups is 2. The summed E-state index contributed by atoms with van der Waals surface area (Å²) in [5.41, 5.74) is -0.231. The van der Waals surface area contributed by atoms with E-state index < -0.39 is 48.5 Å². The third kappa shape index (κ3) is 5.76. The van der Waals surface area contributed by atoms with Crippen LogP contribution in [-0.2, 0) is 14.3 Å². The average molecular weight is 427 g/mol. The van der Waals surface area contributed by atoms with Gasteiger partial charge in [0.15, 0.2) is 11.4 Å². The molecule has 1 aliphatic heterocycles. The van der Waals surface area contributed by atoms with Gasteiger partial charge in [0, 0.05) is 10.6 Å². The van der Waals surface area contributed by atoms with Gasteiger partial charge in [-0.15, -0.1) is 0 Å². The number of halogens is 1. The van der Waals surface area contributed by atoms with Gasteiger partial charge < -0.3 is 25.6 Å². The van der Waals surface area contributed by atoms with Gasteiger partial charge in [0.25, 0.3) is 5.91 Å². The molecule has 3 atom stereocenters. The van der Waals surface area contributed by atoms with Crippen molar-refractivity contribution in [1.82, 2.24) is 10.6 Å². The molecule has 2 rings (SSSR count).